The van der Waals surface area contributed by atoms with Crippen LogP contribution in [0.25, 0.3) is 0 Å². The fraction of sp³-hybridized carbons (Fsp3) is 0.875. The Morgan fingerprint density at radius 2 is 1.90 bits per heavy atom. The molecule has 2 N–H and O–H groups in total. The van der Waals surface area contributed by atoms with Crippen LogP contribution in [0, 0.1) is 17.3 Å². The highest BCUT2D eigenvalue weighted by atomic mass is 16.2. The highest BCUT2D eigenvalue weighted by Gasteiger charge is 2.37. The average molecular weight is 280 g/mol. The number of nitrogens with one attached hydrogen (secondary N) is 2. The first-order valence-electron chi connectivity index (χ1n) is 7.94. The number of hydrogen-bond donors (Lipinski definition) is 2. The Morgan fingerprint density at radius 1 is 1.25 bits per heavy atom. The van der Waals surface area contributed by atoms with Crippen molar-refractivity contribution in [3.8, 4) is 0 Å². The molecule has 0 saturated heterocycles. The molecular weight excluding hydrogens is 252 g/mol. The van der Waals surface area contributed by atoms with Crippen LogP contribution in [0.2, 0.25) is 0 Å². The Labute approximate surface area is 122 Å². The Morgan fingerprint density at radius 3 is 2.40 bits per heavy atom. The maximum atomic E-state index is 12.0. The molecular formula is C16H28N2O2. The van der Waals surface area contributed by atoms with Gasteiger partial charge in [-0.3, -0.25) is 9.59 Å². The molecule has 2 saturated carbocycles. The molecule has 2 amide bonds. The summed E-state index contributed by atoms with van der Waals surface area (Å²) < 4.78 is 0. The van der Waals surface area contributed by atoms with Crippen molar-refractivity contribution in [3.05, 3.63) is 0 Å². The number of amides is 2. The summed E-state index contributed by atoms with van der Waals surface area (Å²) in [4.78, 5) is 23.2. The quantitative estimate of drug-likeness (QED) is 0.716. The van der Waals surface area contributed by atoms with Gasteiger partial charge in [0.25, 0.3) is 0 Å². The monoisotopic (exact) mass is 280 g/mol. The molecule has 0 aromatic heterocycles. The largest absolute Gasteiger partial charge is 0.355 e. The SMILES string of the molecule is CC(=O)NC(CCC(C)C(=O)NCC1(C)CC1)C1CC1. The predicted molar refractivity (Wildman–Crippen MR) is 79.1 cm³/mol. The van der Waals surface area contributed by atoms with Gasteiger partial charge in [-0.25, -0.2) is 0 Å². The maximum Gasteiger partial charge on any atom is 0.222 e. The summed E-state index contributed by atoms with van der Waals surface area (Å²) in [5.41, 5.74) is 0.363. The van der Waals surface area contributed by atoms with Crippen LogP contribution in [0.15, 0.2) is 0 Å². The number of carbonyl (C=O) groups excluding carboxylic acids is 2. The van der Waals surface area contributed by atoms with Gasteiger partial charge in [0.15, 0.2) is 0 Å². The van der Waals surface area contributed by atoms with Crippen molar-refractivity contribution in [2.75, 3.05) is 6.54 Å². The third kappa shape index (κ3) is 4.80. The second kappa shape index (κ2) is 6.15. The van der Waals surface area contributed by atoms with Gasteiger partial charge in [-0.2, -0.15) is 0 Å². The third-order valence-corrected chi connectivity index (χ3v) is 4.73. The molecule has 2 fully saturated rings. The molecule has 0 spiro atoms. The molecule has 20 heavy (non-hydrogen) atoms. The summed E-state index contributed by atoms with van der Waals surface area (Å²) in [7, 11) is 0. The van der Waals surface area contributed by atoms with E-state index in [1.54, 1.807) is 6.92 Å². The van der Waals surface area contributed by atoms with Crippen molar-refractivity contribution < 1.29 is 9.59 Å². The molecule has 2 unspecified atom stereocenters. The Balaban J connectivity index is 1.68. The Kier molecular flexibility index (Phi) is 4.71. The normalized spacial score (nSPS) is 22.8. The van der Waals surface area contributed by atoms with Crippen LogP contribution in [-0.4, -0.2) is 24.4 Å². The van der Waals surface area contributed by atoms with Gasteiger partial charge in [0.05, 0.1) is 0 Å². The fourth-order valence-corrected chi connectivity index (χ4v) is 2.61. The number of hydrogen-bond acceptors (Lipinski definition) is 2. The molecule has 4 nitrogen and oxygen atoms in total. The van der Waals surface area contributed by atoms with Gasteiger partial charge >= 0.3 is 0 Å². The second-order valence-corrected chi connectivity index (χ2v) is 7.15. The van der Waals surface area contributed by atoms with Gasteiger partial charge in [0.2, 0.25) is 11.8 Å². The minimum atomic E-state index is 0.0346. The zero-order valence-corrected chi connectivity index (χ0v) is 13.0. The van der Waals surface area contributed by atoms with Crippen LogP contribution >= 0.6 is 0 Å². The predicted octanol–water partition coefficient (Wildman–Crippen LogP) is 2.23. The number of rotatable bonds is 8. The van der Waals surface area contributed by atoms with Gasteiger partial charge in [-0.15, -0.1) is 0 Å². The van der Waals surface area contributed by atoms with Crippen molar-refractivity contribution in [1.82, 2.24) is 10.6 Å². The second-order valence-electron chi connectivity index (χ2n) is 7.15. The number of carbonyl (C=O) groups is 2. The van der Waals surface area contributed by atoms with Crippen LogP contribution in [-0.2, 0) is 9.59 Å². The van der Waals surface area contributed by atoms with E-state index >= 15 is 0 Å². The van der Waals surface area contributed by atoms with E-state index in [1.807, 2.05) is 6.92 Å². The summed E-state index contributed by atoms with van der Waals surface area (Å²) >= 11 is 0. The molecule has 2 rings (SSSR count). The van der Waals surface area contributed by atoms with E-state index in [4.69, 9.17) is 0 Å². The topological polar surface area (TPSA) is 58.2 Å². The summed E-state index contributed by atoms with van der Waals surface area (Å²) in [5.74, 6) is 0.878. The first kappa shape index (κ1) is 15.3. The van der Waals surface area contributed by atoms with Crippen LogP contribution in [0.1, 0.15) is 59.3 Å². The lowest BCUT2D eigenvalue weighted by atomic mass is 9.98. The molecule has 0 aliphatic heterocycles. The highest BCUT2D eigenvalue weighted by Crippen LogP contribution is 2.44. The molecule has 2 aliphatic carbocycles. The van der Waals surface area contributed by atoms with Gasteiger partial charge in [0.1, 0.15) is 0 Å². The molecule has 2 atom stereocenters. The van der Waals surface area contributed by atoms with E-state index in [0.717, 1.165) is 19.4 Å². The molecule has 0 radical (unpaired) electrons. The molecule has 0 aromatic carbocycles. The minimum absolute atomic E-state index is 0.0346. The van der Waals surface area contributed by atoms with Crippen LogP contribution < -0.4 is 10.6 Å². The summed E-state index contributed by atoms with van der Waals surface area (Å²) in [6, 6.07) is 0.267. The zero-order chi connectivity index (χ0) is 14.8. The van der Waals surface area contributed by atoms with Crippen LogP contribution in [0.3, 0.4) is 0 Å². The third-order valence-electron chi connectivity index (χ3n) is 4.73. The van der Waals surface area contributed by atoms with Crippen LogP contribution in [0.5, 0.6) is 0 Å². The molecule has 4 heteroatoms. The molecule has 0 heterocycles. The zero-order valence-electron chi connectivity index (χ0n) is 13.0. The van der Waals surface area contributed by atoms with Gasteiger partial charge in [-0.05, 0) is 49.9 Å². The highest BCUT2D eigenvalue weighted by molar-refractivity contribution is 5.78. The Bertz CT molecular complexity index is 373. The van der Waals surface area contributed by atoms with Gasteiger partial charge in [0, 0.05) is 25.4 Å². The molecule has 114 valence electrons. The molecule has 2 aliphatic rings. The fourth-order valence-electron chi connectivity index (χ4n) is 2.61. The van der Waals surface area contributed by atoms with Crippen molar-refractivity contribution in [2.24, 2.45) is 17.3 Å². The summed E-state index contributed by atoms with van der Waals surface area (Å²) in [6.07, 6.45) is 6.65. The summed E-state index contributed by atoms with van der Waals surface area (Å²) in [6.45, 7) is 6.59. The average Bonchev–Trinajstić information content (AvgIpc) is 3.27. The van der Waals surface area contributed by atoms with Crippen molar-refractivity contribution in [2.45, 2.75) is 65.3 Å². The van der Waals surface area contributed by atoms with E-state index in [2.05, 4.69) is 17.6 Å². The Hall–Kier alpha value is -1.06. The van der Waals surface area contributed by atoms with E-state index < -0.39 is 0 Å². The summed E-state index contributed by atoms with van der Waals surface area (Å²) in [5, 5.41) is 6.10. The van der Waals surface area contributed by atoms with E-state index in [0.29, 0.717) is 11.3 Å². The standard InChI is InChI=1S/C16H28N2O2/c1-11(15(20)17-10-16(3)8-9-16)4-7-14(13-5-6-13)18-12(2)19/h11,13-14H,4-10H2,1-3H3,(H,17,20)(H,18,19). The first-order chi connectivity index (χ1) is 9.39. The molecule has 0 bridgehead atoms. The van der Waals surface area contributed by atoms with Gasteiger partial charge in [-0.1, -0.05) is 13.8 Å². The van der Waals surface area contributed by atoms with E-state index in [1.165, 1.54) is 25.7 Å². The van der Waals surface area contributed by atoms with Crippen molar-refractivity contribution >= 4 is 11.8 Å². The molecule has 0 aromatic rings. The lowest BCUT2D eigenvalue weighted by Crippen LogP contribution is -2.37. The smallest absolute Gasteiger partial charge is 0.222 e. The van der Waals surface area contributed by atoms with Crippen molar-refractivity contribution in [1.29, 1.82) is 0 Å². The van der Waals surface area contributed by atoms with Crippen molar-refractivity contribution in [3.63, 3.8) is 0 Å². The lowest BCUT2D eigenvalue weighted by molar-refractivity contribution is -0.125. The van der Waals surface area contributed by atoms with E-state index in [-0.39, 0.29) is 23.8 Å². The maximum absolute atomic E-state index is 12.0. The van der Waals surface area contributed by atoms with E-state index in [9.17, 15) is 9.59 Å². The van der Waals surface area contributed by atoms with Gasteiger partial charge < -0.3 is 10.6 Å². The van der Waals surface area contributed by atoms with Crippen LogP contribution in [0.4, 0.5) is 0 Å². The minimum Gasteiger partial charge on any atom is -0.355 e. The first-order valence-corrected chi connectivity index (χ1v) is 7.94. The lowest BCUT2D eigenvalue weighted by Gasteiger charge is -2.20.